The van der Waals surface area contributed by atoms with Gasteiger partial charge in [0.15, 0.2) is 11.5 Å². The fourth-order valence-corrected chi connectivity index (χ4v) is 2.70. The maximum absolute atomic E-state index is 11.5. The lowest BCUT2D eigenvalue weighted by molar-refractivity contribution is 0.0687. The lowest BCUT2D eigenvalue weighted by Gasteiger charge is -2.04. The molecule has 21 heavy (non-hydrogen) atoms. The lowest BCUT2D eigenvalue weighted by atomic mass is 10.2. The number of carbonyl (C=O) groups excluding carboxylic acids is 1. The van der Waals surface area contributed by atoms with E-state index >= 15 is 0 Å². The second kappa shape index (κ2) is 6.49. The van der Waals surface area contributed by atoms with Gasteiger partial charge in [-0.05, 0) is 30.7 Å². The van der Waals surface area contributed by atoms with Crippen LogP contribution in [0.4, 0.5) is 0 Å². The molecule has 0 spiro atoms. The summed E-state index contributed by atoms with van der Waals surface area (Å²) in [5.74, 6) is -0.730. The van der Waals surface area contributed by atoms with E-state index in [1.165, 1.54) is 6.92 Å². The van der Waals surface area contributed by atoms with Crippen LogP contribution >= 0.6 is 11.3 Å². The molecule has 0 unspecified atom stereocenters. The minimum Gasteiger partial charge on any atom is -0.494 e. The second-order valence-corrected chi connectivity index (χ2v) is 5.43. The van der Waals surface area contributed by atoms with E-state index < -0.39 is 5.97 Å². The van der Waals surface area contributed by atoms with Crippen LogP contribution in [0.3, 0.4) is 0 Å². The average molecular weight is 305 g/mol. The van der Waals surface area contributed by atoms with Gasteiger partial charge in [-0.15, -0.1) is 11.3 Å². The number of hydrogen-bond donors (Lipinski definition) is 1. The third-order valence-electron chi connectivity index (χ3n) is 2.72. The number of Topliss-reactive ketones (excluding diaryl/α,β-unsaturated/α-hetero) is 1. The molecule has 0 amide bonds. The Morgan fingerprint density at radius 2 is 1.95 bits per heavy atom. The van der Waals surface area contributed by atoms with Gasteiger partial charge < -0.3 is 9.84 Å². The summed E-state index contributed by atoms with van der Waals surface area (Å²) in [7, 11) is 0. The normalized spacial score (nSPS) is 10.4. The van der Waals surface area contributed by atoms with Crippen LogP contribution in [0.5, 0.6) is 5.75 Å². The van der Waals surface area contributed by atoms with E-state index in [2.05, 4.69) is 4.98 Å². The molecule has 0 saturated carbocycles. The zero-order chi connectivity index (χ0) is 15.4. The van der Waals surface area contributed by atoms with Gasteiger partial charge in [-0.1, -0.05) is 6.92 Å². The van der Waals surface area contributed by atoms with Crippen LogP contribution in [0, 0.1) is 0 Å². The zero-order valence-electron chi connectivity index (χ0n) is 11.8. The predicted octanol–water partition coefficient (Wildman–Crippen LogP) is 3.50. The maximum Gasteiger partial charge on any atom is 0.356 e. The van der Waals surface area contributed by atoms with Crippen molar-refractivity contribution in [3.8, 4) is 16.3 Å². The molecule has 0 aliphatic carbocycles. The predicted molar refractivity (Wildman–Crippen MR) is 80.3 cm³/mol. The first-order valence-electron chi connectivity index (χ1n) is 6.51. The van der Waals surface area contributed by atoms with Crippen molar-refractivity contribution in [3.63, 3.8) is 0 Å². The van der Waals surface area contributed by atoms with Crippen molar-refractivity contribution < 1.29 is 19.4 Å². The van der Waals surface area contributed by atoms with Gasteiger partial charge in [-0.3, -0.25) is 4.79 Å². The molecule has 1 N–H and O–H groups in total. The second-order valence-electron chi connectivity index (χ2n) is 4.43. The van der Waals surface area contributed by atoms with Gasteiger partial charge in [0, 0.05) is 12.5 Å². The Kier molecular flexibility index (Phi) is 4.70. The maximum atomic E-state index is 11.5. The Morgan fingerprint density at radius 1 is 1.29 bits per heavy atom. The molecule has 1 aromatic heterocycles. The number of carboxylic acid groups (broad SMARTS) is 1. The average Bonchev–Trinajstić information content (AvgIpc) is 2.91. The number of thiazole rings is 1. The van der Waals surface area contributed by atoms with Gasteiger partial charge in [0.1, 0.15) is 15.6 Å². The molecule has 0 radical (unpaired) electrons. The first-order valence-corrected chi connectivity index (χ1v) is 7.33. The highest BCUT2D eigenvalue weighted by Crippen LogP contribution is 2.29. The SMILES string of the molecule is CCCOc1ccc(-c2nc(C(=O)O)c(C(C)=O)s2)cc1. The standard InChI is InChI=1S/C15H15NO4S/c1-3-8-20-11-6-4-10(5-7-11)14-16-12(15(18)19)13(21-14)9(2)17/h4-7H,3,8H2,1-2H3,(H,18,19). The minimum absolute atomic E-state index is 0.170. The number of carbonyl (C=O) groups is 2. The number of benzene rings is 1. The van der Waals surface area contributed by atoms with E-state index in [1.54, 1.807) is 24.3 Å². The molecule has 1 heterocycles. The summed E-state index contributed by atoms with van der Waals surface area (Å²) in [6.45, 7) is 4.01. The topological polar surface area (TPSA) is 76.5 Å². The summed E-state index contributed by atoms with van der Waals surface area (Å²) in [4.78, 5) is 26.8. The largest absolute Gasteiger partial charge is 0.494 e. The number of hydrogen-bond acceptors (Lipinski definition) is 5. The van der Waals surface area contributed by atoms with Crippen molar-refractivity contribution in [1.29, 1.82) is 0 Å². The van der Waals surface area contributed by atoms with Crippen LogP contribution in [0.2, 0.25) is 0 Å². The summed E-state index contributed by atoms with van der Waals surface area (Å²) in [5.41, 5.74) is 0.577. The van der Waals surface area contributed by atoms with Crippen molar-refractivity contribution >= 4 is 23.1 Å². The van der Waals surface area contributed by atoms with E-state index in [0.29, 0.717) is 11.6 Å². The van der Waals surface area contributed by atoms with Gasteiger partial charge in [0.25, 0.3) is 0 Å². The van der Waals surface area contributed by atoms with E-state index in [0.717, 1.165) is 29.1 Å². The first kappa shape index (κ1) is 15.2. The first-order chi connectivity index (χ1) is 10.0. The monoisotopic (exact) mass is 305 g/mol. The summed E-state index contributed by atoms with van der Waals surface area (Å²) in [6, 6.07) is 7.22. The smallest absolute Gasteiger partial charge is 0.356 e. The Hall–Kier alpha value is -2.21. The highest BCUT2D eigenvalue weighted by Gasteiger charge is 2.21. The van der Waals surface area contributed by atoms with Crippen LogP contribution in [0.25, 0.3) is 10.6 Å². The summed E-state index contributed by atoms with van der Waals surface area (Å²) < 4.78 is 5.49. The molecule has 0 fully saturated rings. The fraction of sp³-hybridized carbons (Fsp3) is 0.267. The van der Waals surface area contributed by atoms with E-state index in [-0.39, 0.29) is 16.4 Å². The number of carboxylic acids is 1. The fourth-order valence-electron chi connectivity index (χ4n) is 1.74. The number of rotatable bonds is 6. The third-order valence-corrected chi connectivity index (χ3v) is 3.93. The summed E-state index contributed by atoms with van der Waals surface area (Å²) >= 11 is 1.09. The molecule has 0 atom stereocenters. The molecular weight excluding hydrogens is 290 g/mol. The summed E-state index contributed by atoms with van der Waals surface area (Å²) in [5, 5.41) is 9.60. The Balaban J connectivity index is 2.31. The molecule has 2 rings (SSSR count). The number of nitrogens with zero attached hydrogens (tertiary/aromatic N) is 1. The highest BCUT2D eigenvalue weighted by atomic mass is 32.1. The number of aromatic carboxylic acids is 1. The number of ether oxygens (including phenoxy) is 1. The van der Waals surface area contributed by atoms with Crippen molar-refractivity contribution in [1.82, 2.24) is 4.98 Å². The van der Waals surface area contributed by atoms with Crippen LogP contribution in [0.15, 0.2) is 24.3 Å². The molecular formula is C15H15NO4S. The van der Waals surface area contributed by atoms with Crippen molar-refractivity contribution in [3.05, 3.63) is 34.8 Å². The Labute approximate surface area is 126 Å². The third kappa shape index (κ3) is 3.46. The van der Waals surface area contributed by atoms with Crippen molar-refractivity contribution in [2.24, 2.45) is 0 Å². The molecule has 110 valence electrons. The van der Waals surface area contributed by atoms with E-state index in [4.69, 9.17) is 9.84 Å². The number of aromatic nitrogens is 1. The minimum atomic E-state index is -1.19. The Morgan fingerprint density at radius 3 is 2.43 bits per heavy atom. The van der Waals surface area contributed by atoms with E-state index in [9.17, 15) is 9.59 Å². The Bertz CT molecular complexity index is 629. The molecule has 0 bridgehead atoms. The van der Waals surface area contributed by atoms with Crippen molar-refractivity contribution in [2.45, 2.75) is 20.3 Å². The van der Waals surface area contributed by atoms with Crippen LogP contribution in [-0.2, 0) is 0 Å². The van der Waals surface area contributed by atoms with Gasteiger partial charge in [-0.2, -0.15) is 0 Å². The molecule has 0 aliphatic heterocycles. The quantitative estimate of drug-likeness (QED) is 0.827. The molecule has 1 aromatic carbocycles. The zero-order valence-corrected chi connectivity index (χ0v) is 12.6. The van der Waals surface area contributed by atoms with Crippen LogP contribution in [0.1, 0.15) is 40.4 Å². The van der Waals surface area contributed by atoms with E-state index in [1.807, 2.05) is 6.92 Å². The summed E-state index contributed by atoms with van der Waals surface area (Å²) in [6.07, 6.45) is 0.929. The van der Waals surface area contributed by atoms with Gasteiger partial charge in [0.05, 0.1) is 6.61 Å². The molecule has 0 aliphatic rings. The molecule has 6 heteroatoms. The molecule has 2 aromatic rings. The molecule has 5 nitrogen and oxygen atoms in total. The van der Waals surface area contributed by atoms with Crippen molar-refractivity contribution in [2.75, 3.05) is 6.61 Å². The van der Waals surface area contributed by atoms with Gasteiger partial charge in [-0.25, -0.2) is 9.78 Å². The highest BCUT2D eigenvalue weighted by molar-refractivity contribution is 7.17. The van der Waals surface area contributed by atoms with Crippen LogP contribution in [-0.4, -0.2) is 28.4 Å². The number of ketones is 1. The van der Waals surface area contributed by atoms with Crippen LogP contribution < -0.4 is 4.74 Å². The molecule has 0 saturated heterocycles. The lowest BCUT2D eigenvalue weighted by Crippen LogP contribution is -2.03. The van der Waals surface area contributed by atoms with Gasteiger partial charge >= 0.3 is 5.97 Å². The van der Waals surface area contributed by atoms with Gasteiger partial charge in [0.2, 0.25) is 0 Å².